The first-order valence-electron chi connectivity index (χ1n) is 8.65. The fourth-order valence-corrected chi connectivity index (χ4v) is 3.48. The van der Waals surface area contributed by atoms with Crippen LogP contribution in [-0.2, 0) is 4.79 Å². The molecule has 3 rings (SSSR count). The number of carbonyl (C=O) groups excluding carboxylic acids is 1. The average Bonchev–Trinajstić information content (AvgIpc) is 2.63. The van der Waals surface area contributed by atoms with E-state index in [1.54, 1.807) is 0 Å². The Bertz CT molecular complexity index is 724. The predicted molar refractivity (Wildman–Crippen MR) is 107 cm³/mol. The van der Waals surface area contributed by atoms with Crippen LogP contribution in [0.2, 0.25) is 0 Å². The van der Waals surface area contributed by atoms with Crippen LogP contribution in [0.15, 0.2) is 53.0 Å². The molecule has 2 aromatic rings. The van der Waals surface area contributed by atoms with Crippen molar-refractivity contribution in [3.63, 3.8) is 0 Å². The van der Waals surface area contributed by atoms with E-state index in [1.165, 1.54) is 11.3 Å². The van der Waals surface area contributed by atoms with Gasteiger partial charge < -0.3 is 10.2 Å². The van der Waals surface area contributed by atoms with Crippen LogP contribution in [-0.4, -0.2) is 43.0 Å². The number of anilines is 2. The number of hydrogen-bond acceptors (Lipinski definition) is 3. The summed E-state index contributed by atoms with van der Waals surface area (Å²) in [5.41, 5.74) is 3.43. The molecule has 0 aromatic heterocycles. The van der Waals surface area contributed by atoms with Crippen LogP contribution in [0.3, 0.4) is 0 Å². The summed E-state index contributed by atoms with van der Waals surface area (Å²) in [6.07, 6.45) is 0. The zero-order valence-corrected chi connectivity index (χ0v) is 16.3. The predicted octanol–water partition coefficient (Wildman–Crippen LogP) is 3.91. The van der Waals surface area contributed by atoms with Crippen LogP contribution < -0.4 is 10.2 Å². The summed E-state index contributed by atoms with van der Waals surface area (Å²) in [7, 11) is 0. The summed E-state index contributed by atoms with van der Waals surface area (Å²) < 4.78 is 1.01. The van der Waals surface area contributed by atoms with Crippen LogP contribution in [0, 0.1) is 6.92 Å². The number of rotatable bonds is 4. The van der Waals surface area contributed by atoms with E-state index in [1.807, 2.05) is 31.2 Å². The Morgan fingerprint density at radius 2 is 1.68 bits per heavy atom. The lowest BCUT2D eigenvalue weighted by atomic mass is 10.1. The SMILES string of the molecule is Cc1ccccc1N1CCN([C@@H](C)C(=O)Nc2ccc(Br)cc2)CC1. The molecule has 1 fully saturated rings. The minimum Gasteiger partial charge on any atom is -0.369 e. The number of nitrogens with zero attached hydrogens (tertiary/aromatic N) is 2. The van der Waals surface area contributed by atoms with E-state index in [4.69, 9.17) is 0 Å². The molecule has 1 N–H and O–H groups in total. The van der Waals surface area contributed by atoms with Crippen molar-refractivity contribution in [3.8, 4) is 0 Å². The summed E-state index contributed by atoms with van der Waals surface area (Å²) in [5, 5.41) is 3.00. The molecular formula is C20H24BrN3O. The van der Waals surface area contributed by atoms with Gasteiger partial charge >= 0.3 is 0 Å². The number of benzene rings is 2. The van der Waals surface area contributed by atoms with Crippen molar-refractivity contribution in [2.75, 3.05) is 36.4 Å². The molecule has 0 spiro atoms. The molecule has 0 saturated carbocycles. The maximum atomic E-state index is 12.5. The van der Waals surface area contributed by atoms with Gasteiger partial charge in [-0.2, -0.15) is 0 Å². The molecule has 25 heavy (non-hydrogen) atoms. The van der Waals surface area contributed by atoms with Gasteiger partial charge in [0.05, 0.1) is 6.04 Å². The highest BCUT2D eigenvalue weighted by Crippen LogP contribution is 2.21. The molecule has 1 aliphatic rings. The number of nitrogens with one attached hydrogen (secondary N) is 1. The second-order valence-electron chi connectivity index (χ2n) is 6.48. The summed E-state index contributed by atoms with van der Waals surface area (Å²) in [6.45, 7) is 7.81. The van der Waals surface area contributed by atoms with Crippen molar-refractivity contribution in [2.24, 2.45) is 0 Å². The van der Waals surface area contributed by atoms with Crippen LogP contribution in [0.1, 0.15) is 12.5 Å². The maximum Gasteiger partial charge on any atom is 0.241 e. The van der Waals surface area contributed by atoms with Gasteiger partial charge in [0, 0.05) is 42.0 Å². The molecule has 1 atom stereocenters. The van der Waals surface area contributed by atoms with Crippen molar-refractivity contribution >= 4 is 33.2 Å². The molecule has 1 heterocycles. The number of piperazine rings is 1. The fourth-order valence-electron chi connectivity index (χ4n) is 3.21. The third kappa shape index (κ3) is 4.41. The number of para-hydroxylation sites is 1. The highest BCUT2D eigenvalue weighted by molar-refractivity contribution is 9.10. The maximum absolute atomic E-state index is 12.5. The molecule has 1 amide bonds. The van der Waals surface area contributed by atoms with E-state index >= 15 is 0 Å². The first kappa shape index (κ1) is 18.0. The minimum atomic E-state index is -0.136. The van der Waals surface area contributed by atoms with Crippen LogP contribution in [0.4, 0.5) is 11.4 Å². The zero-order chi connectivity index (χ0) is 17.8. The fraction of sp³-hybridized carbons (Fsp3) is 0.350. The van der Waals surface area contributed by atoms with Crippen molar-refractivity contribution in [1.29, 1.82) is 0 Å². The summed E-state index contributed by atoms with van der Waals surface area (Å²) >= 11 is 3.41. The number of hydrogen-bond donors (Lipinski definition) is 1. The molecule has 1 saturated heterocycles. The monoisotopic (exact) mass is 401 g/mol. The highest BCUT2D eigenvalue weighted by Gasteiger charge is 2.26. The Hall–Kier alpha value is -1.85. The molecule has 0 unspecified atom stereocenters. The Morgan fingerprint density at radius 3 is 2.32 bits per heavy atom. The van der Waals surface area contributed by atoms with E-state index in [2.05, 4.69) is 62.2 Å². The Kier molecular flexibility index (Phi) is 5.76. The Morgan fingerprint density at radius 1 is 1.04 bits per heavy atom. The second kappa shape index (κ2) is 8.02. The van der Waals surface area contributed by atoms with E-state index in [0.717, 1.165) is 36.3 Å². The lowest BCUT2D eigenvalue weighted by molar-refractivity contribution is -0.120. The van der Waals surface area contributed by atoms with Gasteiger partial charge in [-0.25, -0.2) is 0 Å². The van der Waals surface area contributed by atoms with Crippen LogP contribution in [0.25, 0.3) is 0 Å². The lowest BCUT2D eigenvalue weighted by Crippen LogP contribution is -2.53. The molecule has 1 aliphatic heterocycles. The quantitative estimate of drug-likeness (QED) is 0.843. The minimum absolute atomic E-state index is 0.0478. The van der Waals surface area contributed by atoms with Crippen LogP contribution in [0.5, 0.6) is 0 Å². The van der Waals surface area contributed by atoms with E-state index in [-0.39, 0.29) is 11.9 Å². The van der Waals surface area contributed by atoms with Crippen molar-refractivity contribution in [1.82, 2.24) is 4.90 Å². The molecule has 4 nitrogen and oxygen atoms in total. The van der Waals surface area contributed by atoms with E-state index in [0.29, 0.717) is 0 Å². The van der Waals surface area contributed by atoms with Gasteiger partial charge in [0.25, 0.3) is 0 Å². The number of aryl methyl sites for hydroxylation is 1. The zero-order valence-electron chi connectivity index (χ0n) is 14.7. The number of halogens is 1. The van der Waals surface area contributed by atoms with Gasteiger partial charge in [0.1, 0.15) is 0 Å². The molecular weight excluding hydrogens is 378 g/mol. The largest absolute Gasteiger partial charge is 0.369 e. The van der Waals surface area contributed by atoms with Gasteiger partial charge in [-0.15, -0.1) is 0 Å². The van der Waals surface area contributed by atoms with Gasteiger partial charge in [-0.1, -0.05) is 34.1 Å². The van der Waals surface area contributed by atoms with Gasteiger partial charge in [0.2, 0.25) is 5.91 Å². The number of carbonyl (C=O) groups is 1. The summed E-state index contributed by atoms with van der Waals surface area (Å²) in [5.74, 6) is 0.0478. The molecule has 2 aromatic carbocycles. The first-order valence-corrected chi connectivity index (χ1v) is 9.45. The van der Waals surface area contributed by atoms with Crippen molar-refractivity contribution < 1.29 is 4.79 Å². The third-order valence-electron chi connectivity index (χ3n) is 4.81. The Balaban J connectivity index is 1.56. The smallest absolute Gasteiger partial charge is 0.241 e. The highest BCUT2D eigenvalue weighted by atomic mass is 79.9. The van der Waals surface area contributed by atoms with E-state index in [9.17, 15) is 4.79 Å². The molecule has 132 valence electrons. The normalized spacial score (nSPS) is 16.5. The molecule has 0 aliphatic carbocycles. The van der Waals surface area contributed by atoms with Crippen molar-refractivity contribution in [3.05, 3.63) is 58.6 Å². The van der Waals surface area contributed by atoms with E-state index < -0.39 is 0 Å². The van der Waals surface area contributed by atoms with Crippen molar-refractivity contribution in [2.45, 2.75) is 19.9 Å². The molecule has 0 bridgehead atoms. The van der Waals surface area contributed by atoms with Gasteiger partial charge in [-0.3, -0.25) is 9.69 Å². The summed E-state index contributed by atoms with van der Waals surface area (Å²) in [4.78, 5) is 17.2. The van der Waals surface area contributed by atoms with Gasteiger partial charge in [0.15, 0.2) is 0 Å². The lowest BCUT2D eigenvalue weighted by Gasteiger charge is -2.39. The summed E-state index contributed by atoms with van der Waals surface area (Å²) in [6, 6.07) is 16.0. The van der Waals surface area contributed by atoms with Crippen LogP contribution >= 0.6 is 15.9 Å². The average molecular weight is 402 g/mol. The first-order chi connectivity index (χ1) is 12.0. The third-order valence-corrected chi connectivity index (χ3v) is 5.34. The molecule has 5 heteroatoms. The second-order valence-corrected chi connectivity index (χ2v) is 7.40. The topological polar surface area (TPSA) is 35.6 Å². The standard InChI is InChI=1S/C20H24BrN3O/c1-15-5-3-4-6-19(15)24-13-11-23(12-14-24)16(2)20(25)22-18-9-7-17(21)8-10-18/h3-10,16H,11-14H2,1-2H3,(H,22,25)/t16-/m0/s1. The number of amides is 1. The molecule has 0 radical (unpaired) electrons. The van der Waals surface area contributed by atoms with Gasteiger partial charge in [-0.05, 0) is 49.7 Å². The Labute approximate surface area is 158 Å².